The number of anilines is 1. The Labute approximate surface area is 143 Å². The highest BCUT2D eigenvalue weighted by Crippen LogP contribution is 2.39. The number of rotatable bonds is 5. The first-order valence-corrected chi connectivity index (χ1v) is 8.43. The predicted molar refractivity (Wildman–Crippen MR) is 91.2 cm³/mol. The first kappa shape index (κ1) is 16.5. The smallest absolute Gasteiger partial charge is 0.259 e. The number of amides is 2. The third-order valence-electron chi connectivity index (χ3n) is 3.57. The second kappa shape index (κ2) is 7.46. The largest absolute Gasteiger partial charge is 0.396 e. The van der Waals surface area contributed by atoms with Gasteiger partial charge in [0.25, 0.3) is 5.91 Å². The molecule has 0 saturated heterocycles. The van der Waals surface area contributed by atoms with Crippen molar-refractivity contribution >= 4 is 29.3 Å². The normalized spacial score (nSPS) is 13.0. The maximum absolute atomic E-state index is 12.9. The average Bonchev–Trinajstić information content (AvgIpc) is 2.71. The molecule has 6 nitrogen and oxygen atoms in total. The minimum absolute atomic E-state index is 0.0136. The van der Waals surface area contributed by atoms with Gasteiger partial charge < -0.3 is 10.4 Å². The van der Waals surface area contributed by atoms with E-state index in [0.717, 1.165) is 4.90 Å². The van der Waals surface area contributed by atoms with Gasteiger partial charge in [-0.25, -0.2) is 4.98 Å². The summed E-state index contributed by atoms with van der Waals surface area (Å²) in [5, 5.41) is 12.2. The number of aromatic nitrogens is 1. The topological polar surface area (TPSA) is 82.5 Å². The standard InChI is InChI=1S/C17H17N3O3S/c21-10-4-9-18-15(22)11-20-13-6-3-8-19-16(13)24-14-7-2-1-5-12(14)17(20)23/h1-3,5-8,21H,4,9-11H2,(H,18,22). The molecule has 0 spiro atoms. The van der Waals surface area contributed by atoms with E-state index in [4.69, 9.17) is 5.11 Å². The first-order valence-electron chi connectivity index (χ1n) is 7.62. The second-order valence-corrected chi connectivity index (χ2v) is 6.27. The molecule has 0 bridgehead atoms. The molecule has 1 aliphatic heterocycles. The molecule has 124 valence electrons. The van der Waals surface area contributed by atoms with Gasteiger partial charge in [-0.3, -0.25) is 14.5 Å². The van der Waals surface area contributed by atoms with E-state index in [1.54, 1.807) is 30.5 Å². The second-order valence-electron chi connectivity index (χ2n) is 5.24. The molecule has 24 heavy (non-hydrogen) atoms. The highest BCUT2D eigenvalue weighted by Gasteiger charge is 2.29. The van der Waals surface area contributed by atoms with Gasteiger partial charge in [-0.05, 0) is 30.7 Å². The minimum atomic E-state index is -0.268. The molecule has 0 aliphatic carbocycles. The zero-order chi connectivity index (χ0) is 16.9. The van der Waals surface area contributed by atoms with E-state index in [-0.39, 0.29) is 25.0 Å². The fourth-order valence-corrected chi connectivity index (χ4v) is 3.44. The summed E-state index contributed by atoms with van der Waals surface area (Å²) < 4.78 is 0. The zero-order valence-electron chi connectivity index (χ0n) is 12.9. The fraction of sp³-hybridized carbons (Fsp3) is 0.235. The number of hydrogen-bond donors (Lipinski definition) is 2. The van der Waals surface area contributed by atoms with Crippen LogP contribution in [0.2, 0.25) is 0 Å². The monoisotopic (exact) mass is 343 g/mol. The van der Waals surface area contributed by atoms with Crippen molar-refractivity contribution in [3.05, 3.63) is 48.2 Å². The molecule has 2 N–H and O–H groups in total. The number of carbonyl (C=O) groups is 2. The van der Waals surface area contributed by atoms with Crippen molar-refractivity contribution in [1.82, 2.24) is 10.3 Å². The van der Waals surface area contributed by atoms with Gasteiger partial charge >= 0.3 is 0 Å². The third kappa shape index (κ3) is 3.42. The number of carbonyl (C=O) groups excluding carboxylic acids is 2. The van der Waals surface area contributed by atoms with Crippen LogP contribution in [0.1, 0.15) is 16.8 Å². The molecule has 1 aliphatic rings. The number of hydrogen-bond acceptors (Lipinski definition) is 5. The van der Waals surface area contributed by atoms with Crippen LogP contribution in [0.25, 0.3) is 0 Å². The van der Waals surface area contributed by atoms with Gasteiger partial charge in [0.05, 0.1) is 11.3 Å². The quantitative estimate of drug-likeness (QED) is 0.808. The molecule has 2 heterocycles. The molecule has 1 aromatic heterocycles. The number of benzene rings is 1. The first-order chi connectivity index (χ1) is 11.7. The Bertz CT molecular complexity index is 766. The van der Waals surface area contributed by atoms with E-state index < -0.39 is 0 Å². The highest BCUT2D eigenvalue weighted by atomic mass is 32.2. The van der Waals surface area contributed by atoms with E-state index in [1.807, 2.05) is 12.1 Å². The number of nitrogens with one attached hydrogen (secondary N) is 1. The molecule has 3 rings (SSSR count). The number of aliphatic hydroxyl groups is 1. The number of nitrogens with zero attached hydrogens (tertiary/aromatic N) is 2. The molecule has 0 fully saturated rings. The summed E-state index contributed by atoms with van der Waals surface area (Å²) in [6.45, 7) is 0.306. The summed E-state index contributed by atoms with van der Waals surface area (Å²) >= 11 is 1.42. The third-order valence-corrected chi connectivity index (χ3v) is 4.65. The van der Waals surface area contributed by atoms with Crippen molar-refractivity contribution in [2.45, 2.75) is 16.3 Å². The van der Waals surface area contributed by atoms with Gasteiger partial charge in [-0.1, -0.05) is 23.9 Å². The molecule has 0 saturated carbocycles. The molecule has 2 amide bonds. The molecule has 0 unspecified atom stereocenters. The number of aliphatic hydroxyl groups excluding tert-OH is 1. The fourth-order valence-electron chi connectivity index (χ4n) is 2.42. The zero-order valence-corrected chi connectivity index (χ0v) is 13.8. The van der Waals surface area contributed by atoms with Crippen molar-refractivity contribution in [1.29, 1.82) is 0 Å². The van der Waals surface area contributed by atoms with E-state index in [9.17, 15) is 9.59 Å². The maximum Gasteiger partial charge on any atom is 0.259 e. The van der Waals surface area contributed by atoms with Crippen LogP contribution in [0.4, 0.5) is 5.69 Å². The van der Waals surface area contributed by atoms with Crippen molar-refractivity contribution in [2.24, 2.45) is 0 Å². The summed E-state index contributed by atoms with van der Waals surface area (Å²) in [5.74, 6) is -0.488. The SMILES string of the molecule is O=C(CN1C(=O)c2ccccc2Sc2ncccc21)NCCCO. The van der Waals surface area contributed by atoms with Crippen LogP contribution in [0.3, 0.4) is 0 Å². The molecule has 1 aromatic carbocycles. The van der Waals surface area contributed by atoms with Crippen LogP contribution in [-0.2, 0) is 4.79 Å². The molecule has 7 heteroatoms. The number of pyridine rings is 1. The van der Waals surface area contributed by atoms with Gasteiger partial charge in [-0.15, -0.1) is 0 Å². The van der Waals surface area contributed by atoms with Crippen molar-refractivity contribution in [3.8, 4) is 0 Å². The van der Waals surface area contributed by atoms with Crippen LogP contribution in [-0.4, -0.2) is 41.6 Å². The van der Waals surface area contributed by atoms with Crippen LogP contribution in [0.5, 0.6) is 0 Å². The summed E-state index contributed by atoms with van der Waals surface area (Å²) in [6.07, 6.45) is 2.15. The van der Waals surface area contributed by atoms with E-state index in [0.29, 0.717) is 29.2 Å². The Hall–Kier alpha value is -2.38. The van der Waals surface area contributed by atoms with E-state index in [2.05, 4.69) is 10.3 Å². The van der Waals surface area contributed by atoms with Crippen LogP contribution >= 0.6 is 11.8 Å². The molecule has 0 radical (unpaired) electrons. The van der Waals surface area contributed by atoms with Gasteiger partial charge in [0.15, 0.2) is 0 Å². The van der Waals surface area contributed by atoms with Crippen LogP contribution in [0, 0.1) is 0 Å². The Balaban J connectivity index is 1.92. The Morgan fingerprint density at radius 2 is 2.08 bits per heavy atom. The lowest BCUT2D eigenvalue weighted by Gasteiger charge is -2.21. The molecular weight excluding hydrogens is 326 g/mol. The summed E-state index contributed by atoms with van der Waals surface area (Å²) in [7, 11) is 0. The average molecular weight is 343 g/mol. The van der Waals surface area contributed by atoms with Crippen LogP contribution < -0.4 is 10.2 Å². The lowest BCUT2D eigenvalue weighted by Crippen LogP contribution is -2.41. The van der Waals surface area contributed by atoms with Gasteiger partial charge in [0.1, 0.15) is 11.6 Å². The Morgan fingerprint density at radius 3 is 2.92 bits per heavy atom. The summed E-state index contributed by atoms with van der Waals surface area (Å²) in [4.78, 5) is 31.7. The Morgan fingerprint density at radius 1 is 1.25 bits per heavy atom. The molecule has 2 aromatic rings. The predicted octanol–water partition coefficient (Wildman–Crippen LogP) is 1.69. The van der Waals surface area contributed by atoms with Crippen molar-refractivity contribution in [2.75, 3.05) is 24.6 Å². The van der Waals surface area contributed by atoms with Gasteiger partial charge in [0, 0.05) is 24.2 Å². The molecular formula is C17H17N3O3S. The molecule has 0 atom stereocenters. The lowest BCUT2D eigenvalue weighted by molar-refractivity contribution is -0.119. The van der Waals surface area contributed by atoms with E-state index in [1.165, 1.54) is 16.7 Å². The summed E-state index contributed by atoms with van der Waals surface area (Å²) in [6, 6.07) is 10.9. The number of fused-ring (bicyclic) bond motifs is 2. The van der Waals surface area contributed by atoms with Crippen molar-refractivity contribution < 1.29 is 14.7 Å². The Kier molecular flexibility index (Phi) is 5.12. The van der Waals surface area contributed by atoms with E-state index >= 15 is 0 Å². The maximum atomic E-state index is 12.9. The van der Waals surface area contributed by atoms with Crippen molar-refractivity contribution in [3.63, 3.8) is 0 Å². The lowest BCUT2D eigenvalue weighted by atomic mass is 10.2. The van der Waals surface area contributed by atoms with Gasteiger partial charge in [0.2, 0.25) is 5.91 Å². The minimum Gasteiger partial charge on any atom is -0.396 e. The van der Waals surface area contributed by atoms with Gasteiger partial charge in [-0.2, -0.15) is 0 Å². The summed E-state index contributed by atoms with van der Waals surface area (Å²) in [5.41, 5.74) is 1.18. The highest BCUT2D eigenvalue weighted by molar-refractivity contribution is 7.99. The van der Waals surface area contributed by atoms with Crippen LogP contribution in [0.15, 0.2) is 52.5 Å².